The van der Waals surface area contributed by atoms with Gasteiger partial charge in [0, 0.05) is 13.1 Å². The molecule has 30 heavy (non-hydrogen) atoms. The maximum atomic E-state index is 12.3. The number of esters is 2. The zero-order valence-electron chi connectivity index (χ0n) is 17.7. The highest BCUT2D eigenvalue weighted by Crippen LogP contribution is 2.19. The molecule has 0 radical (unpaired) electrons. The molecule has 7 nitrogen and oxygen atoms in total. The summed E-state index contributed by atoms with van der Waals surface area (Å²) in [7, 11) is 0. The number of likely N-dealkylation sites (tertiary alicyclic amines) is 1. The van der Waals surface area contributed by atoms with Crippen LogP contribution in [0.4, 0.5) is 0 Å². The van der Waals surface area contributed by atoms with Crippen LogP contribution >= 0.6 is 0 Å². The Labute approximate surface area is 177 Å². The molecule has 1 aliphatic rings. The first-order valence-corrected chi connectivity index (χ1v) is 10.2. The average molecular weight is 412 g/mol. The first-order chi connectivity index (χ1) is 14.3. The molecule has 0 saturated carbocycles. The van der Waals surface area contributed by atoms with E-state index in [0.29, 0.717) is 44.0 Å². The summed E-state index contributed by atoms with van der Waals surface area (Å²) in [6.45, 7) is 6.64. The standard InChI is InChI=1S/C23H28N2O5/c1-4-29-22(27)19-9-11-25(12-10-19)21(26)15-30-23(28)20(14-24)13-17-5-7-18(8-6-17)16(2)3/h5-8,13,16,19H,4,9-12,15H2,1-3H3/b20-13+. The number of nitriles is 1. The fraction of sp³-hybridized carbons (Fsp3) is 0.478. The van der Waals surface area contributed by atoms with Crippen molar-refractivity contribution < 1.29 is 23.9 Å². The summed E-state index contributed by atoms with van der Waals surface area (Å²) in [4.78, 5) is 37.8. The van der Waals surface area contributed by atoms with Crippen molar-refractivity contribution in [1.29, 1.82) is 5.26 Å². The molecule has 2 rings (SSSR count). The summed E-state index contributed by atoms with van der Waals surface area (Å²) in [5, 5.41) is 9.28. The van der Waals surface area contributed by atoms with Gasteiger partial charge in [-0.3, -0.25) is 9.59 Å². The molecule has 1 aromatic rings. The molecule has 0 bridgehead atoms. The molecular weight excluding hydrogens is 384 g/mol. The van der Waals surface area contributed by atoms with E-state index in [-0.39, 0.29) is 23.4 Å². The van der Waals surface area contributed by atoms with Crippen molar-refractivity contribution in [3.8, 4) is 6.07 Å². The van der Waals surface area contributed by atoms with Gasteiger partial charge in [0.1, 0.15) is 11.6 Å². The Morgan fingerprint density at radius 2 is 1.80 bits per heavy atom. The fourth-order valence-electron chi connectivity index (χ4n) is 3.20. The van der Waals surface area contributed by atoms with E-state index >= 15 is 0 Å². The Balaban J connectivity index is 1.87. The highest BCUT2D eigenvalue weighted by molar-refractivity contribution is 5.98. The molecule has 0 aliphatic carbocycles. The van der Waals surface area contributed by atoms with Crippen LogP contribution in [-0.2, 0) is 23.9 Å². The van der Waals surface area contributed by atoms with Gasteiger partial charge in [-0.1, -0.05) is 38.1 Å². The van der Waals surface area contributed by atoms with Crippen LogP contribution in [0.1, 0.15) is 50.7 Å². The SMILES string of the molecule is CCOC(=O)C1CCN(C(=O)COC(=O)/C(C#N)=C/c2ccc(C(C)C)cc2)CC1. The zero-order chi connectivity index (χ0) is 22.1. The molecule has 0 aromatic heterocycles. The highest BCUT2D eigenvalue weighted by Gasteiger charge is 2.28. The van der Waals surface area contributed by atoms with Crippen molar-refractivity contribution in [3.63, 3.8) is 0 Å². The molecular formula is C23H28N2O5. The Kier molecular flexibility index (Phi) is 8.60. The van der Waals surface area contributed by atoms with Crippen LogP contribution in [0, 0.1) is 17.2 Å². The number of carbonyl (C=O) groups is 3. The van der Waals surface area contributed by atoms with Gasteiger partial charge in [-0.25, -0.2) is 4.79 Å². The second-order valence-electron chi connectivity index (χ2n) is 7.47. The van der Waals surface area contributed by atoms with Gasteiger partial charge in [0.25, 0.3) is 5.91 Å². The predicted octanol–water partition coefficient (Wildman–Crippen LogP) is 3.06. The molecule has 1 amide bonds. The van der Waals surface area contributed by atoms with Crippen LogP contribution < -0.4 is 0 Å². The highest BCUT2D eigenvalue weighted by atomic mass is 16.5. The second kappa shape index (κ2) is 11.1. The summed E-state index contributed by atoms with van der Waals surface area (Å²) < 4.78 is 10.1. The molecule has 1 aliphatic heterocycles. The maximum Gasteiger partial charge on any atom is 0.349 e. The minimum atomic E-state index is -0.833. The Morgan fingerprint density at radius 3 is 2.33 bits per heavy atom. The van der Waals surface area contributed by atoms with Crippen molar-refractivity contribution in [3.05, 3.63) is 41.0 Å². The first kappa shape index (κ1) is 23.1. The quantitative estimate of drug-likeness (QED) is 0.388. The van der Waals surface area contributed by atoms with Crippen LogP contribution in [0.15, 0.2) is 29.8 Å². The van der Waals surface area contributed by atoms with Gasteiger partial charge in [0.2, 0.25) is 0 Å². The third-order valence-corrected chi connectivity index (χ3v) is 5.05. The molecule has 1 heterocycles. The third kappa shape index (κ3) is 6.45. The Hall–Kier alpha value is -3.14. The summed E-state index contributed by atoms with van der Waals surface area (Å²) in [5.41, 5.74) is 1.70. The monoisotopic (exact) mass is 412 g/mol. The summed E-state index contributed by atoms with van der Waals surface area (Å²) >= 11 is 0. The van der Waals surface area contributed by atoms with Crippen LogP contribution in [0.3, 0.4) is 0 Å². The van der Waals surface area contributed by atoms with Gasteiger partial charge in [0.05, 0.1) is 12.5 Å². The molecule has 0 spiro atoms. The number of piperidine rings is 1. The number of rotatable bonds is 7. The van der Waals surface area contributed by atoms with E-state index in [1.807, 2.05) is 30.3 Å². The fourth-order valence-corrected chi connectivity index (χ4v) is 3.20. The van der Waals surface area contributed by atoms with Crippen LogP contribution in [0.5, 0.6) is 0 Å². The number of carbonyl (C=O) groups excluding carboxylic acids is 3. The van der Waals surface area contributed by atoms with E-state index in [4.69, 9.17) is 9.47 Å². The normalized spacial score (nSPS) is 14.9. The van der Waals surface area contributed by atoms with Gasteiger partial charge in [-0.15, -0.1) is 0 Å². The number of ether oxygens (including phenoxy) is 2. The minimum Gasteiger partial charge on any atom is -0.466 e. The topological polar surface area (TPSA) is 96.7 Å². The van der Waals surface area contributed by atoms with Crippen LogP contribution in [0.2, 0.25) is 0 Å². The first-order valence-electron chi connectivity index (χ1n) is 10.2. The molecule has 0 atom stereocenters. The zero-order valence-corrected chi connectivity index (χ0v) is 17.7. The smallest absolute Gasteiger partial charge is 0.349 e. The van der Waals surface area contributed by atoms with E-state index < -0.39 is 12.6 Å². The van der Waals surface area contributed by atoms with Crippen molar-refractivity contribution in [2.24, 2.45) is 5.92 Å². The van der Waals surface area contributed by atoms with Gasteiger partial charge < -0.3 is 14.4 Å². The lowest BCUT2D eigenvalue weighted by Crippen LogP contribution is -2.42. The predicted molar refractivity (Wildman–Crippen MR) is 111 cm³/mol. The maximum absolute atomic E-state index is 12.3. The Bertz CT molecular complexity index is 828. The van der Waals surface area contributed by atoms with Crippen molar-refractivity contribution in [2.75, 3.05) is 26.3 Å². The van der Waals surface area contributed by atoms with Crippen molar-refractivity contribution in [2.45, 2.75) is 39.5 Å². The molecule has 160 valence electrons. The van der Waals surface area contributed by atoms with Gasteiger partial charge in [-0.05, 0) is 42.9 Å². The lowest BCUT2D eigenvalue weighted by molar-refractivity contribution is -0.153. The third-order valence-electron chi connectivity index (χ3n) is 5.05. The summed E-state index contributed by atoms with van der Waals surface area (Å²) in [6, 6.07) is 9.39. The number of hydrogen-bond donors (Lipinski definition) is 0. The van der Waals surface area contributed by atoms with E-state index in [0.717, 1.165) is 5.56 Å². The van der Waals surface area contributed by atoms with E-state index in [1.54, 1.807) is 11.8 Å². The van der Waals surface area contributed by atoms with E-state index in [1.165, 1.54) is 6.08 Å². The van der Waals surface area contributed by atoms with Crippen molar-refractivity contribution in [1.82, 2.24) is 4.90 Å². The van der Waals surface area contributed by atoms with E-state index in [9.17, 15) is 19.6 Å². The molecule has 7 heteroatoms. The summed E-state index contributed by atoms with van der Waals surface area (Å²) in [5.74, 6) is -1.23. The number of nitrogens with zero attached hydrogens (tertiary/aromatic N) is 2. The van der Waals surface area contributed by atoms with E-state index in [2.05, 4.69) is 13.8 Å². The van der Waals surface area contributed by atoms with Crippen LogP contribution in [-0.4, -0.2) is 49.0 Å². The lowest BCUT2D eigenvalue weighted by Gasteiger charge is -2.30. The molecule has 0 N–H and O–H groups in total. The lowest BCUT2D eigenvalue weighted by atomic mass is 9.97. The molecule has 0 unspecified atom stereocenters. The molecule has 1 saturated heterocycles. The average Bonchev–Trinajstić information content (AvgIpc) is 2.76. The van der Waals surface area contributed by atoms with Gasteiger partial charge in [-0.2, -0.15) is 5.26 Å². The number of benzene rings is 1. The second-order valence-corrected chi connectivity index (χ2v) is 7.47. The number of amides is 1. The number of hydrogen-bond acceptors (Lipinski definition) is 6. The summed E-state index contributed by atoms with van der Waals surface area (Å²) in [6.07, 6.45) is 2.49. The van der Waals surface area contributed by atoms with Crippen LogP contribution in [0.25, 0.3) is 6.08 Å². The molecule has 1 aromatic carbocycles. The largest absolute Gasteiger partial charge is 0.466 e. The minimum absolute atomic E-state index is 0.166. The van der Waals surface area contributed by atoms with Gasteiger partial charge in [0.15, 0.2) is 6.61 Å². The Morgan fingerprint density at radius 1 is 1.17 bits per heavy atom. The van der Waals surface area contributed by atoms with Crippen molar-refractivity contribution >= 4 is 23.9 Å². The molecule has 1 fully saturated rings. The van der Waals surface area contributed by atoms with Gasteiger partial charge >= 0.3 is 11.9 Å².